The number of carbonyl (C=O) groups excluding carboxylic acids is 1. The standard InChI is InChI=1S/C20H15N3O3S/c1-26-19(24)15-9-5-6-13(10-15)12-27-18-16(11-21)17(22-20(25)23-18)14-7-3-2-4-8-14/h2-10H,12H2,1H3,(H,22,23,25). The molecular weight excluding hydrogens is 362 g/mol. The number of nitrogens with one attached hydrogen (secondary N) is 1. The Bertz CT molecular complexity index is 1070. The van der Waals surface area contributed by atoms with E-state index in [0.29, 0.717) is 27.6 Å². The molecule has 0 aliphatic rings. The second-order valence-electron chi connectivity index (χ2n) is 5.56. The number of aromatic nitrogens is 2. The van der Waals surface area contributed by atoms with E-state index < -0.39 is 11.7 Å². The summed E-state index contributed by atoms with van der Waals surface area (Å²) in [4.78, 5) is 30.3. The van der Waals surface area contributed by atoms with E-state index in [1.165, 1.54) is 18.9 Å². The molecule has 134 valence electrons. The first-order valence-corrected chi connectivity index (χ1v) is 9.01. The van der Waals surface area contributed by atoms with E-state index in [0.717, 1.165) is 11.1 Å². The van der Waals surface area contributed by atoms with Crippen molar-refractivity contribution in [2.45, 2.75) is 10.8 Å². The largest absolute Gasteiger partial charge is 0.465 e. The topological polar surface area (TPSA) is 95.8 Å². The number of hydrogen-bond donors (Lipinski definition) is 1. The summed E-state index contributed by atoms with van der Waals surface area (Å²) in [5.41, 5.74) is 2.29. The average Bonchev–Trinajstić information content (AvgIpc) is 2.72. The second-order valence-corrected chi connectivity index (χ2v) is 6.52. The number of nitrogens with zero attached hydrogens (tertiary/aromatic N) is 2. The average molecular weight is 377 g/mol. The molecule has 7 heteroatoms. The van der Waals surface area contributed by atoms with Crippen LogP contribution in [-0.2, 0) is 10.5 Å². The predicted octanol–water partition coefficient (Wildman–Crippen LogP) is 3.39. The van der Waals surface area contributed by atoms with Crippen LogP contribution in [0.4, 0.5) is 0 Å². The van der Waals surface area contributed by atoms with Crippen molar-refractivity contribution in [2.24, 2.45) is 0 Å². The molecule has 6 nitrogen and oxygen atoms in total. The van der Waals surface area contributed by atoms with Crippen LogP contribution in [0.15, 0.2) is 64.4 Å². The van der Waals surface area contributed by atoms with Gasteiger partial charge in [-0.05, 0) is 23.3 Å². The maximum atomic E-state index is 12.0. The summed E-state index contributed by atoms with van der Waals surface area (Å²) < 4.78 is 4.72. The van der Waals surface area contributed by atoms with Crippen LogP contribution in [0, 0.1) is 11.3 Å². The number of H-pyrrole nitrogens is 1. The third-order valence-electron chi connectivity index (χ3n) is 3.80. The van der Waals surface area contributed by atoms with Gasteiger partial charge in [0.2, 0.25) is 0 Å². The lowest BCUT2D eigenvalue weighted by molar-refractivity contribution is 0.0600. The molecule has 0 amide bonds. The summed E-state index contributed by atoms with van der Waals surface area (Å²) >= 11 is 1.27. The van der Waals surface area contributed by atoms with Crippen LogP contribution >= 0.6 is 11.8 Å². The van der Waals surface area contributed by atoms with Gasteiger partial charge in [0.25, 0.3) is 0 Å². The van der Waals surface area contributed by atoms with Crippen molar-refractivity contribution in [3.8, 4) is 17.3 Å². The number of methoxy groups -OCH3 is 1. The number of hydrogen-bond acceptors (Lipinski definition) is 6. The summed E-state index contributed by atoms with van der Waals surface area (Å²) in [6.07, 6.45) is 0. The zero-order chi connectivity index (χ0) is 19.2. The first kappa shape index (κ1) is 18.4. The minimum Gasteiger partial charge on any atom is -0.465 e. The number of rotatable bonds is 5. The van der Waals surface area contributed by atoms with Gasteiger partial charge in [0.05, 0.1) is 18.4 Å². The Morgan fingerprint density at radius 1 is 1.22 bits per heavy atom. The van der Waals surface area contributed by atoms with Gasteiger partial charge in [0.1, 0.15) is 16.7 Å². The number of ether oxygens (including phenoxy) is 1. The molecule has 0 unspecified atom stereocenters. The Morgan fingerprint density at radius 3 is 2.70 bits per heavy atom. The van der Waals surface area contributed by atoms with E-state index in [1.54, 1.807) is 18.2 Å². The fourth-order valence-electron chi connectivity index (χ4n) is 2.54. The fourth-order valence-corrected chi connectivity index (χ4v) is 3.46. The highest BCUT2D eigenvalue weighted by Crippen LogP contribution is 2.29. The van der Waals surface area contributed by atoms with Crippen molar-refractivity contribution in [1.29, 1.82) is 5.26 Å². The van der Waals surface area contributed by atoms with Crippen molar-refractivity contribution in [3.05, 3.63) is 81.8 Å². The number of aromatic amines is 1. The maximum Gasteiger partial charge on any atom is 0.346 e. The van der Waals surface area contributed by atoms with Crippen LogP contribution in [0.5, 0.6) is 0 Å². The first-order valence-electron chi connectivity index (χ1n) is 8.02. The van der Waals surface area contributed by atoms with Gasteiger partial charge in [-0.1, -0.05) is 42.5 Å². The van der Waals surface area contributed by atoms with Crippen molar-refractivity contribution in [1.82, 2.24) is 9.97 Å². The van der Waals surface area contributed by atoms with Crippen LogP contribution in [-0.4, -0.2) is 23.0 Å². The van der Waals surface area contributed by atoms with E-state index >= 15 is 0 Å². The lowest BCUT2D eigenvalue weighted by atomic mass is 10.1. The minimum atomic E-state index is -0.515. The molecule has 0 atom stereocenters. The van der Waals surface area contributed by atoms with Gasteiger partial charge < -0.3 is 9.72 Å². The molecule has 0 radical (unpaired) electrons. The van der Waals surface area contributed by atoms with Gasteiger partial charge in [0.15, 0.2) is 0 Å². The lowest BCUT2D eigenvalue weighted by Crippen LogP contribution is -2.14. The molecule has 0 saturated carbocycles. The first-order chi connectivity index (χ1) is 13.1. The van der Waals surface area contributed by atoms with Crippen LogP contribution in [0.25, 0.3) is 11.3 Å². The molecule has 0 aliphatic carbocycles. The smallest absolute Gasteiger partial charge is 0.346 e. The third kappa shape index (κ3) is 4.25. The Balaban J connectivity index is 1.92. The number of nitriles is 1. The van der Waals surface area contributed by atoms with Crippen LogP contribution in [0.3, 0.4) is 0 Å². The van der Waals surface area contributed by atoms with E-state index in [-0.39, 0.29) is 0 Å². The normalized spacial score (nSPS) is 10.2. The Morgan fingerprint density at radius 2 is 2.00 bits per heavy atom. The molecule has 3 rings (SSSR count). The number of carbonyl (C=O) groups is 1. The minimum absolute atomic E-state index is 0.315. The predicted molar refractivity (Wildman–Crippen MR) is 102 cm³/mol. The molecule has 0 fully saturated rings. The highest BCUT2D eigenvalue weighted by molar-refractivity contribution is 7.98. The summed E-state index contributed by atoms with van der Waals surface area (Å²) in [6.45, 7) is 0. The number of thioether (sulfide) groups is 1. The molecule has 1 heterocycles. The van der Waals surface area contributed by atoms with Gasteiger partial charge in [-0.25, -0.2) is 9.59 Å². The molecule has 2 aromatic carbocycles. The number of esters is 1. The van der Waals surface area contributed by atoms with Crippen molar-refractivity contribution in [3.63, 3.8) is 0 Å². The van der Waals surface area contributed by atoms with E-state index in [4.69, 9.17) is 4.74 Å². The molecule has 0 saturated heterocycles. The molecule has 0 bridgehead atoms. The zero-order valence-electron chi connectivity index (χ0n) is 14.4. The van der Waals surface area contributed by atoms with Crippen LogP contribution < -0.4 is 5.69 Å². The second kappa shape index (κ2) is 8.34. The molecule has 1 N–H and O–H groups in total. The third-order valence-corrected chi connectivity index (χ3v) is 4.84. The van der Waals surface area contributed by atoms with Crippen molar-refractivity contribution >= 4 is 17.7 Å². The van der Waals surface area contributed by atoms with E-state index in [2.05, 4.69) is 16.0 Å². The quantitative estimate of drug-likeness (QED) is 0.416. The molecule has 3 aromatic rings. The highest BCUT2D eigenvalue weighted by atomic mass is 32.2. The van der Waals surface area contributed by atoms with E-state index in [9.17, 15) is 14.9 Å². The van der Waals surface area contributed by atoms with Gasteiger partial charge >= 0.3 is 11.7 Å². The maximum absolute atomic E-state index is 12.0. The van der Waals surface area contributed by atoms with Gasteiger partial charge in [-0.2, -0.15) is 10.2 Å². The van der Waals surface area contributed by atoms with Gasteiger partial charge in [-0.15, -0.1) is 11.8 Å². The fraction of sp³-hybridized carbons (Fsp3) is 0.100. The molecule has 1 aromatic heterocycles. The molecule has 27 heavy (non-hydrogen) atoms. The Labute approximate surface area is 159 Å². The lowest BCUT2D eigenvalue weighted by Gasteiger charge is -2.08. The molecular formula is C20H15N3O3S. The Hall–Kier alpha value is -3.37. The van der Waals surface area contributed by atoms with Gasteiger partial charge in [0, 0.05) is 5.75 Å². The molecule has 0 aliphatic heterocycles. The van der Waals surface area contributed by atoms with Crippen LogP contribution in [0.2, 0.25) is 0 Å². The summed E-state index contributed by atoms with van der Waals surface area (Å²) in [7, 11) is 1.33. The highest BCUT2D eigenvalue weighted by Gasteiger charge is 2.15. The van der Waals surface area contributed by atoms with E-state index in [1.807, 2.05) is 36.4 Å². The monoisotopic (exact) mass is 377 g/mol. The summed E-state index contributed by atoms with van der Waals surface area (Å²) in [5.74, 6) is 0.0321. The Kier molecular flexibility index (Phi) is 5.69. The van der Waals surface area contributed by atoms with Crippen molar-refractivity contribution < 1.29 is 9.53 Å². The molecule has 0 spiro atoms. The zero-order valence-corrected chi connectivity index (χ0v) is 15.2. The SMILES string of the molecule is COC(=O)c1cccc(CSc2nc(=O)[nH]c(-c3ccccc3)c2C#N)c1. The number of benzene rings is 2. The van der Waals surface area contributed by atoms with Gasteiger partial charge in [-0.3, -0.25) is 0 Å². The van der Waals surface area contributed by atoms with Crippen molar-refractivity contribution in [2.75, 3.05) is 7.11 Å². The summed E-state index contributed by atoms with van der Waals surface area (Å²) in [5, 5.41) is 9.96. The summed E-state index contributed by atoms with van der Waals surface area (Å²) in [6, 6.07) is 18.3. The van der Waals surface area contributed by atoms with Crippen LogP contribution in [0.1, 0.15) is 21.5 Å².